The molecule has 1 fully saturated rings. The lowest BCUT2D eigenvalue weighted by Gasteiger charge is -2.47. The summed E-state index contributed by atoms with van der Waals surface area (Å²) in [6, 6.07) is 19.7. The fourth-order valence-corrected chi connectivity index (χ4v) is 11.6. The van der Waals surface area contributed by atoms with Crippen LogP contribution in [0.1, 0.15) is 73.4 Å². The van der Waals surface area contributed by atoms with Crippen molar-refractivity contribution in [3.05, 3.63) is 71.8 Å². The van der Waals surface area contributed by atoms with E-state index >= 15 is 0 Å². The molecule has 0 saturated carbocycles. The molecule has 0 spiro atoms. The average molecular weight is 601 g/mol. The maximum atomic E-state index is 13.0. The fraction of sp³-hybridized carbons (Fsp3) is 0.618. The van der Waals surface area contributed by atoms with Crippen LogP contribution in [-0.4, -0.2) is 56.7 Å². The van der Waals surface area contributed by atoms with Gasteiger partial charge in [0.1, 0.15) is 18.3 Å². The van der Waals surface area contributed by atoms with Crippen molar-refractivity contribution in [3.8, 4) is 0 Å². The standard InChI is InChI=1S/C34H52O7Si/c1-23(2)42(24(3)4,25(5)6)39-22-28-29(37-20-26-16-12-10-13-17-26)30(38-21-27-18-14-11-15-19-27)31(32(35)40-28)41-33(36)34(7,8)9/h10-19,23-25,28-32,35H,20-22H2,1-9H3/t28-,29-,30+,31-,32+/m1/s1. The first-order valence-corrected chi connectivity index (χ1v) is 17.4. The zero-order valence-corrected chi connectivity index (χ0v) is 27.9. The van der Waals surface area contributed by atoms with Crippen LogP contribution in [0.3, 0.4) is 0 Å². The van der Waals surface area contributed by atoms with Crippen LogP contribution in [0.2, 0.25) is 16.6 Å². The molecule has 0 unspecified atom stereocenters. The van der Waals surface area contributed by atoms with Crippen LogP contribution in [0, 0.1) is 5.41 Å². The molecule has 42 heavy (non-hydrogen) atoms. The highest BCUT2D eigenvalue weighted by atomic mass is 28.4. The Balaban J connectivity index is 1.98. The molecular formula is C34H52O7Si. The van der Waals surface area contributed by atoms with Crippen molar-refractivity contribution in [2.45, 2.75) is 123 Å². The molecule has 0 amide bonds. The van der Waals surface area contributed by atoms with Crippen LogP contribution >= 0.6 is 0 Å². The van der Waals surface area contributed by atoms with Crippen molar-refractivity contribution < 1.29 is 33.3 Å². The molecule has 1 saturated heterocycles. The van der Waals surface area contributed by atoms with E-state index in [-0.39, 0.29) is 13.2 Å². The van der Waals surface area contributed by atoms with Gasteiger partial charge in [-0.05, 0) is 48.5 Å². The molecule has 5 atom stereocenters. The summed E-state index contributed by atoms with van der Waals surface area (Å²) in [5.74, 6) is -0.453. The second-order valence-electron chi connectivity index (χ2n) is 13.3. The Kier molecular flexibility index (Phi) is 12.4. The van der Waals surface area contributed by atoms with Gasteiger partial charge in [0, 0.05) is 0 Å². The highest BCUT2D eigenvalue weighted by molar-refractivity contribution is 6.77. The average Bonchev–Trinajstić information content (AvgIpc) is 2.93. The van der Waals surface area contributed by atoms with E-state index in [1.54, 1.807) is 20.8 Å². The van der Waals surface area contributed by atoms with Crippen LogP contribution < -0.4 is 0 Å². The Morgan fingerprint density at radius 3 is 1.67 bits per heavy atom. The normalized spacial score (nSPS) is 23.5. The fourth-order valence-electron chi connectivity index (χ4n) is 6.11. The minimum atomic E-state index is -2.25. The molecule has 2 aromatic rings. The molecule has 1 aliphatic heterocycles. The molecule has 234 valence electrons. The van der Waals surface area contributed by atoms with E-state index in [9.17, 15) is 9.90 Å². The van der Waals surface area contributed by atoms with E-state index < -0.39 is 50.4 Å². The quantitative estimate of drug-likeness (QED) is 0.195. The first kappa shape index (κ1) is 34.4. The monoisotopic (exact) mass is 600 g/mol. The van der Waals surface area contributed by atoms with Gasteiger partial charge >= 0.3 is 5.97 Å². The summed E-state index contributed by atoms with van der Waals surface area (Å²) in [5.41, 5.74) is 2.30. The minimum absolute atomic E-state index is 0.239. The smallest absolute Gasteiger partial charge is 0.311 e. The van der Waals surface area contributed by atoms with Crippen molar-refractivity contribution in [3.63, 3.8) is 0 Å². The Bertz CT molecular complexity index is 1060. The number of hydrogen-bond acceptors (Lipinski definition) is 7. The summed E-state index contributed by atoms with van der Waals surface area (Å²) in [7, 11) is -2.25. The molecule has 3 rings (SSSR count). The van der Waals surface area contributed by atoms with Crippen LogP contribution in [-0.2, 0) is 41.4 Å². The number of esters is 1. The van der Waals surface area contributed by atoms with E-state index in [2.05, 4.69) is 41.5 Å². The van der Waals surface area contributed by atoms with Gasteiger partial charge in [-0.15, -0.1) is 0 Å². The topological polar surface area (TPSA) is 83.5 Å². The number of rotatable bonds is 13. The molecule has 2 aromatic carbocycles. The van der Waals surface area contributed by atoms with Gasteiger partial charge in [-0.3, -0.25) is 4.79 Å². The zero-order valence-electron chi connectivity index (χ0n) is 26.9. The summed E-state index contributed by atoms with van der Waals surface area (Å²) in [5, 5.41) is 11.3. The largest absolute Gasteiger partial charge is 0.454 e. The molecular weight excluding hydrogens is 548 g/mol. The molecule has 8 heteroatoms. The Morgan fingerprint density at radius 2 is 1.24 bits per heavy atom. The SMILES string of the molecule is CC(C)[Si](OC[C@H]1O[C@H](O)[C@H](OC(=O)C(C)(C)C)[C@@H](OCc2ccccc2)[C@@H]1OCc1ccccc1)(C(C)C)C(C)C. The first-order chi connectivity index (χ1) is 19.8. The van der Waals surface area contributed by atoms with Gasteiger partial charge in [0.2, 0.25) is 0 Å². The molecule has 0 aliphatic carbocycles. The summed E-state index contributed by atoms with van der Waals surface area (Å²) < 4.78 is 32.1. The molecule has 0 radical (unpaired) electrons. The molecule has 1 aliphatic rings. The minimum Gasteiger partial charge on any atom is -0.454 e. The number of carbonyl (C=O) groups excluding carboxylic acids is 1. The molecule has 7 nitrogen and oxygen atoms in total. The number of carbonyl (C=O) groups is 1. The lowest BCUT2D eigenvalue weighted by Crippen LogP contribution is -2.63. The number of hydrogen-bond donors (Lipinski definition) is 1. The lowest BCUT2D eigenvalue weighted by atomic mass is 9.95. The van der Waals surface area contributed by atoms with Gasteiger partial charge in [-0.1, -0.05) is 102 Å². The summed E-state index contributed by atoms with van der Waals surface area (Å²) in [6.07, 6.45) is -4.61. The molecule has 1 heterocycles. The summed E-state index contributed by atoms with van der Waals surface area (Å²) in [6.45, 7) is 19.5. The highest BCUT2D eigenvalue weighted by Crippen LogP contribution is 2.43. The van der Waals surface area contributed by atoms with Crippen molar-refractivity contribution >= 4 is 14.3 Å². The van der Waals surface area contributed by atoms with Gasteiger partial charge in [0.05, 0.1) is 25.2 Å². The van der Waals surface area contributed by atoms with Gasteiger partial charge < -0.3 is 28.5 Å². The second-order valence-corrected chi connectivity index (χ2v) is 18.8. The second kappa shape index (κ2) is 15.1. The Morgan fingerprint density at radius 1 is 0.786 bits per heavy atom. The van der Waals surface area contributed by atoms with Gasteiger partial charge in [-0.25, -0.2) is 0 Å². The zero-order chi connectivity index (χ0) is 31.1. The number of aliphatic hydroxyl groups excluding tert-OH is 1. The van der Waals surface area contributed by atoms with E-state index in [0.717, 1.165) is 11.1 Å². The van der Waals surface area contributed by atoms with Crippen LogP contribution in [0.4, 0.5) is 0 Å². The van der Waals surface area contributed by atoms with Gasteiger partial charge in [0.15, 0.2) is 20.7 Å². The summed E-state index contributed by atoms with van der Waals surface area (Å²) in [4.78, 5) is 13.0. The van der Waals surface area contributed by atoms with Crippen LogP contribution in [0.5, 0.6) is 0 Å². The molecule has 0 bridgehead atoms. The number of aliphatic hydroxyl groups is 1. The van der Waals surface area contributed by atoms with E-state index in [0.29, 0.717) is 23.2 Å². The third-order valence-corrected chi connectivity index (χ3v) is 14.3. The lowest BCUT2D eigenvalue weighted by molar-refractivity contribution is -0.308. The third kappa shape index (κ3) is 8.52. The third-order valence-electron chi connectivity index (χ3n) is 8.24. The van der Waals surface area contributed by atoms with Crippen molar-refractivity contribution in [2.24, 2.45) is 5.41 Å². The first-order valence-electron chi connectivity index (χ1n) is 15.3. The van der Waals surface area contributed by atoms with E-state index in [4.69, 9.17) is 23.4 Å². The van der Waals surface area contributed by atoms with Gasteiger partial charge in [-0.2, -0.15) is 0 Å². The molecule has 0 aromatic heterocycles. The molecule has 1 N–H and O–H groups in total. The van der Waals surface area contributed by atoms with Crippen molar-refractivity contribution in [2.75, 3.05) is 6.61 Å². The number of benzene rings is 2. The van der Waals surface area contributed by atoms with Crippen LogP contribution in [0.25, 0.3) is 0 Å². The maximum Gasteiger partial charge on any atom is 0.311 e. The van der Waals surface area contributed by atoms with Gasteiger partial charge in [0.25, 0.3) is 0 Å². The van der Waals surface area contributed by atoms with E-state index in [1.807, 2.05) is 60.7 Å². The van der Waals surface area contributed by atoms with E-state index in [1.165, 1.54) is 0 Å². The Hall–Kier alpha value is -2.07. The predicted octanol–water partition coefficient (Wildman–Crippen LogP) is 7.02. The Labute approximate surface area is 254 Å². The maximum absolute atomic E-state index is 13.0. The van der Waals surface area contributed by atoms with Crippen molar-refractivity contribution in [1.82, 2.24) is 0 Å². The van der Waals surface area contributed by atoms with Crippen molar-refractivity contribution in [1.29, 1.82) is 0 Å². The number of ether oxygens (including phenoxy) is 4. The summed E-state index contributed by atoms with van der Waals surface area (Å²) >= 11 is 0. The predicted molar refractivity (Wildman–Crippen MR) is 167 cm³/mol. The van der Waals surface area contributed by atoms with Crippen LogP contribution in [0.15, 0.2) is 60.7 Å². The highest BCUT2D eigenvalue weighted by Gasteiger charge is 2.52.